The molecule has 0 fully saturated rings. The molecule has 0 N–H and O–H groups in total. The Morgan fingerprint density at radius 2 is 2.22 bits per heavy atom. The predicted molar refractivity (Wildman–Crippen MR) is 67.6 cm³/mol. The van der Waals surface area contributed by atoms with Crippen molar-refractivity contribution >= 4 is 16.7 Å². The van der Waals surface area contributed by atoms with Gasteiger partial charge in [-0.2, -0.15) is 14.6 Å². The van der Waals surface area contributed by atoms with E-state index in [0.717, 1.165) is 11.9 Å². The van der Waals surface area contributed by atoms with Crippen LogP contribution < -0.4 is 5.56 Å². The molecule has 3 aromatic rings. The van der Waals surface area contributed by atoms with Gasteiger partial charge in [-0.15, -0.1) is 0 Å². The van der Waals surface area contributed by atoms with Gasteiger partial charge >= 0.3 is 0 Å². The van der Waals surface area contributed by atoms with Crippen LogP contribution in [0.3, 0.4) is 0 Å². The molecule has 92 valence electrons. The van der Waals surface area contributed by atoms with Crippen LogP contribution in [0.5, 0.6) is 0 Å². The maximum Gasteiger partial charge on any atom is 0.261 e. The lowest BCUT2D eigenvalue weighted by Crippen LogP contribution is -2.21. The van der Waals surface area contributed by atoms with Crippen LogP contribution in [0.2, 0.25) is 0 Å². The van der Waals surface area contributed by atoms with E-state index in [1.165, 1.54) is 6.33 Å². The Kier molecular flexibility index (Phi) is 2.36. The second-order valence-corrected chi connectivity index (χ2v) is 4.24. The highest BCUT2D eigenvalue weighted by Gasteiger charge is 2.11. The lowest BCUT2D eigenvalue weighted by Gasteiger charge is -2.07. The van der Waals surface area contributed by atoms with Crippen LogP contribution >= 0.6 is 0 Å². The molecule has 0 amide bonds. The van der Waals surface area contributed by atoms with Gasteiger partial charge in [0.2, 0.25) is 0 Å². The highest BCUT2D eigenvalue weighted by molar-refractivity contribution is 5.81. The van der Waals surface area contributed by atoms with Gasteiger partial charge in [-0.1, -0.05) is 6.92 Å². The van der Waals surface area contributed by atoms with E-state index in [-0.39, 0.29) is 5.56 Å². The number of aromatic nitrogens is 5. The first kappa shape index (κ1) is 10.9. The molecule has 0 aromatic carbocycles. The van der Waals surface area contributed by atoms with Gasteiger partial charge in [0.15, 0.2) is 0 Å². The van der Waals surface area contributed by atoms with Gasteiger partial charge in [0.05, 0.1) is 16.6 Å². The molecule has 0 bridgehead atoms. The molecule has 18 heavy (non-hydrogen) atoms. The minimum Gasteiger partial charge on any atom is -0.315 e. The van der Waals surface area contributed by atoms with E-state index in [9.17, 15) is 4.79 Å². The van der Waals surface area contributed by atoms with E-state index < -0.39 is 0 Å². The summed E-state index contributed by atoms with van der Waals surface area (Å²) in [6.45, 7) is 4.58. The molecule has 6 heteroatoms. The maximum absolute atomic E-state index is 12.4. The van der Waals surface area contributed by atoms with E-state index in [1.54, 1.807) is 15.3 Å². The summed E-state index contributed by atoms with van der Waals surface area (Å²) in [5.41, 5.74) is 1.44. The summed E-state index contributed by atoms with van der Waals surface area (Å²) < 4.78 is 3.31. The summed E-state index contributed by atoms with van der Waals surface area (Å²) in [5.74, 6) is 0.521. The third kappa shape index (κ3) is 1.42. The van der Waals surface area contributed by atoms with Crippen LogP contribution in [-0.4, -0.2) is 24.1 Å². The smallest absolute Gasteiger partial charge is 0.261 e. The molecule has 0 unspecified atom stereocenters. The van der Waals surface area contributed by atoms with Crippen molar-refractivity contribution < 1.29 is 0 Å². The molecule has 3 heterocycles. The topological polar surface area (TPSA) is 65.1 Å². The molecule has 0 saturated heterocycles. The molecule has 0 saturated carbocycles. The van der Waals surface area contributed by atoms with Crippen LogP contribution in [-0.2, 0) is 6.54 Å². The number of nitrogens with zero attached hydrogens (tertiary/aromatic N) is 5. The Balaban J connectivity index is 2.47. The van der Waals surface area contributed by atoms with Crippen molar-refractivity contribution in [3.8, 4) is 0 Å². The number of hydrogen-bond acceptors (Lipinski definition) is 4. The van der Waals surface area contributed by atoms with Gasteiger partial charge in [0, 0.05) is 12.7 Å². The van der Waals surface area contributed by atoms with Crippen molar-refractivity contribution in [2.75, 3.05) is 0 Å². The summed E-state index contributed by atoms with van der Waals surface area (Å²) >= 11 is 0. The Labute approximate surface area is 103 Å². The first-order chi connectivity index (χ1) is 8.72. The van der Waals surface area contributed by atoms with Crippen LogP contribution in [0, 0.1) is 6.92 Å². The lowest BCUT2D eigenvalue weighted by atomic mass is 10.2. The molecule has 0 aliphatic rings. The van der Waals surface area contributed by atoms with Crippen molar-refractivity contribution in [2.45, 2.75) is 26.8 Å². The Hall–Kier alpha value is -2.24. The Morgan fingerprint density at radius 1 is 1.39 bits per heavy atom. The normalized spacial score (nSPS) is 11.4. The predicted octanol–water partition coefficient (Wildman–Crippen LogP) is 1.16. The van der Waals surface area contributed by atoms with Crippen LogP contribution in [0.25, 0.3) is 16.7 Å². The van der Waals surface area contributed by atoms with Crippen LogP contribution in [0.4, 0.5) is 0 Å². The number of hydrogen-bond donors (Lipinski definition) is 0. The average molecular weight is 243 g/mol. The fraction of sp³-hybridized carbons (Fsp3) is 0.333. The van der Waals surface area contributed by atoms with Crippen molar-refractivity contribution in [1.29, 1.82) is 0 Å². The highest BCUT2D eigenvalue weighted by Crippen LogP contribution is 2.13. The minimum atomic E-state index is -0.0169. The summed E-state index contributed by atoms with van der Waals surface area (Å²) in [6, 6.07) is 1.89. The van der Waals surface area contributed by atoms with Gasteiger partial charge in [-0.05, 0) is 19.4 Å². The Morgan fingerprint density at radius 3 is 3.00 bits per heavy atom. The van der Waals surface area contributed by atoms with Crippen LogP contribution in [0.1, 0.15) is 19.0 Å². The van der Waals surface area contributed by atoms with Gasteiger partial charge in [-0.25, -0.2) is 4.98 Å². The van der Waals surface area contributed by atoms with Crippen LogP contribution in [0.15, 0.2) is 23.4 Å². The third-order valence-corrected chi connectivity index (χ3v) is 3.00. The molecule has 3 aromatic heterocycles. The number of pyridine rings is 1. The zero-order valence-corrected chi connectivity index (χ0v) is 10.3. The average Bonchev–Trinajstić information content (AvgIpc) is 2.80. The van der Waals surface area contributed by atoms with Gasteiger partial charge in [-0.3, -0.25) is 4.79 Å². The van der Waals surface area contributed by atoms with Crippen molar-refractivity contribution in [3.63, 3.8) is 0 Å². The molecule has 0 spiro atoms. The molecule has 0 aliphatic heterocycles. The molecular formula is C12H13N5O. The quantitative estimate of drug-likeness (QED) is 0.677. The van der Waals surface area contributed by atoms with Crippen molar-refractivity contribution in [1.82, 2.24) is 24.1 Å². The fourth-order valence-corrected chi connectivity index (χ4v) is 2.19. The second-order valence-electron chi connectivity index (χ2n) is 4.24. The zero-order chi connectivity index (χ0) is 12.7. The van der Waals surface area contributed by atoms with E-state index in [2.05, 4.69) is 15.1 Å². The van der Waals surface area contributed by atoms with Crippen molar-refractivity contribution in [2.24, 2.45) is 0 Å². The first-order valence-corrected chi connectivity index (χ1v) is 5.92. The second kappa shape index (κ2) is 3.90. The lowest BCUT2D eigenvalue weighted by molar-refractivity contribution is 0.658. The number of fused-ring (bicyclic) bond motifs is 3. The molecule has 0 aliphatic carbocycles. The summed E-state index contributed by atoms with van der Waals surface area (Å²) in [6.07, 6.45) is 4.16. The van der Waals surface area contributed by atoms with Gasteiger partial charge in [0.25, 0.3) is 11.3 Å². The van der Waals surface area contributed by atoms with Gasteiger partial charge < -0.3 is 4.57 Å². The van der Waals surface area contributed by atoms with E-state index in [4.69, 9.17) is 0 Å². The molecule has 3 rings (SSSR count). The fourth-order valence-electron chi connectivity index (χ4n) is 2.19. The Bertz CT molecular complexity index is 786. The molecule has 0 atom stereocenters. The van der Waals surface area contributed by atoms with Gasteiger partial charge in [0.1, 0.15) is 6.33 Å². The minimum absolute atomic E-state index is 0.0169. The zero-order valence-electron chi connectivity index (χ0n) is 10.3. The largest absolute Gasteiger partial charge is 0.315 e. The molecule has 6 nitrogen and oxygen atoms in total. The molecule has 0 radical (unpaired) electrons. The molecular weight excluding hydrogens is 230 g/mol. The van der Waals surface area contributed by atoms with E-state index in [0.29, 0.717) is 23.4 Å². The number of rotatable bonds is 2. The monoisotopic (exact) mass is 243 g/mol. The van der Waals surface area contributed by atoms with Crippen molar-refractivity contribution in [3.05, 3.63) is 34.6 Å². The standard InChI is InChI=1S/C12H13N5O/c1-3-5-16-6-4-9-10(11(16)18)8(2)15-12-13-7-14-17(9)12/h4,6-7H,3,5H2,1-2H3. The first-order valence-electron chi connectivity index (χ1n) is 5.92. The summed E-state index contributed by atoms with van der Waals surface area (Å²) in [5, 5.41) is 4.71. The van der Waals surface area contributed by atoms with E-state index >= 15 is 0 Å². The summed E-state index contributed by atoms with van der Waals surface area (Å²) in [7, 11) is 0. The SMILES string of the molecule is CCCn1ccc2c(c(C)nc3ncnn32)c1=O. The maximum atomic E-state index is 12.4. The number of aryl methyl sites for hydroxylation is 2. The van der Waals surface area contributed by atoms with E-state index in [1.807, 2.05) is 19.9 Å². The summed E-state index contributed by atoms with van der Waals surface area (Å²) in [4.78, 5) is 20.7. The highest BCUT2D eigenvalue weighted by atomic mass is 16.1. The third-order valence-electron chi connectivity index (χ3n) is 3.00.